The topological polar surface area (TPSA) is 71.5 Å². The van der Waals surface area contributed by atoms with Crippen LogP contribution in [-0.2, 0) is 0 Å². The molecule has 2 aromatic rings. The van der Waals surface area contributed by atoms with Gasteiger partial charge >= 0.3 is 0 Å². The molecule has 1 aliphatic heterocycles. The molecular weight excluding hydrogens is 278 g/mol. The number of hydrogen-bond acceptors (Lipinski definition) is 4. The van der Waals surface area contributed by atoms with Crippen LogP contribution in [0.15, 0.2) is 46.9 Å². The molecule has 0 spiro atoms. The second-order valence-corrected chi connectivity index (χ2v) is 5.58. The van der Waals surface area contributed by atoms with E-state index in [9.17, 15) is 4.79 Å². The van der Waals surface area contributed by atoms with Crippen molar-refractivity contribution in [3.05, 3.63) is 53.8 Å². The van der Waals surface area contributed by atoms with Crippen molar-refractivity contribution in [3.63, 3.8) is 0 Å². The van der Waals surface area contributed by atoms with Crippen LogP contribution in [0.4, 0.5) is 5.88 Å². The largest absolute Gasteiger partial charge is 0.436 e. The highest BCUT2D eigenvalue weighted by atomic mass is 16.4. The maximum absolute atomic E-state index is 12.1. The molecule has 1 aromatic carbocycles. The van der Waals surface area contributed by atoms with Gasteiger partial charge in [-0.2, -0.15) is 0 Å². The molecule has 5 nitrogen and oxygen atoms in total. The van der Waals surface area contributed by atoms with Crippen molar-refractivity contribution in [2.24, 2.45) is 0 Å². The van der Waals surface area contributed by atoms with Gasteiger partial charge < -0.3 is 15.5 Å². The molecule has 22 heavy (non-hydrogen) atoms. The highest BCUT2D eigenvalue weighted by Crippen LogP contribution is 2.24. The fourth-order valence-corrected chi connectivity index (χ4v) is 2.94. The van der Waals surface area contributed by atoms with Gasteiger partial charge in [-0.15, -0.1) is 0 Å². The number of benzene rings is 1. The first-order valence-corrected chi connectivity index (χ1v) is 7.66. The van der Waals surface area contributed by atoms with Gasteiger partial charge in [-0.1, -0.05) is 30.3 Å². The van der Waals surface area contributed by atoms with Gasteiger partial charge in [0.25, 0.3) is 5.91 Å². The normalized spacial score (nSPS) is 16.5. The fourth-order valence-electron chi connectivity index (χ4n) is 2.94. The Morgan fingerprint density at radius 2 is 1.91 bits per heavy atom. The Morgan fingerprint density at radius 1 is 1.18 bits per heavy atom. The minimum Gasteiger partial charge on any atom is -0.436 e. The summed E-state index contributed by atoms with van der Waals surface area (Å²) in [7, 11) is 0. The summed E-state index contributed by atoms with van der Waals surface area (Å²) in [5, 5.41) is 2.96. The number of carbonyl (C=O) groups is 1. The second kappa shape index (κ2) is 6.66. The van der Waals surface area contributed by atoms with Crippen molar-refractivity contribution in [2.45, 2.75) is 18.9 Å². The standard InChI is InChI=1S/C17H21N3O2/c18-16-9-8-15(22-16)17(21)19-12-14(20-10-4-5-11-20)13-6-2-1-3-7-13/h1-3,6-9,14H,4-5,10-12,18H2,(H,19,21). The number of carbonyl (C=O) groups excluding carboxylic acids is 1. The number of nitrogens with zero attached hydrogens (tertiary/aromatic N) is 1. The van der Waals surface area contributed by atoms with Crippen molar-refractivity contribution in [2.75, 3.05) is 25.4 Å². The smallest absolute Gasteiger partial charge is 0.287 e. The minimum atomic E-state index is -0.225. The molecule has 116 valence electrons. The predicted octanol–water partition coefficient (Wildman–Crippen LogP) is 2.43. The Labute approximate surface area is 130 Å². The molecular formula is C17H21N3O2. The van der Waals surface area contributed by atoms with E-state index in [0.29, 0.717) is 6.54 Å². The molecule has 1 aliphatic rings. The molecule has 0 radical (unpaired) electrons. The Kier molecular flexibility index (Phi) is 4.44. The predicted molar refractivity (Wildman–Crippen MR) is 85.4 cm³/mol. The number of nitrogen functional groups attached to an aromatic ring is 1. The summed E-state index contributed by atoms with van der Waals surface area (Å²) in [6, 6.07) is 13.7. The van der Waals surface area contributed by atoms with E-state index in [1.54, 1.807) is 12.1 Å². The van der Waals surface area contributed by atoms with Crippen molar-refractivity contribution in [3.8, 4) is 0 Å². The zero-order chi connectivity index (χ0) is 15.4. The van der Waals surface area contributed by atoms with Gasteiger partial charge in [-0.05, 0) is 37.6 Å². The third-order valence-corrected chi connectivity index (χ3v) is 4.07. The molecule has 1 aromatic heterocycles. The maximum atomic E-state index is 12.1. The number of anilines is 1. The van der Waals surface area contributed by atoms with Gasteiger partial charge in [0, 0.05) is 12.6 Å². The van der Waals surface area contributed by atoms with E-state index in [0.717, 1.165) is 13.1 Å². The van der Waals surface area contributed by atoms with Crippen LogP contribution in [0.5, 0.6) is 0 Å². The van der Waals surface area contributed by atoms with E-state index in [4.69, 9.17) is 10.2 Å². The lowest BCUT2D eigenvalue weighted by atomic mass is 10.1. The van der Waals surface area contributed by atoms with Gasteiger partial charge in [0.1, 0.15) is 0 Å². The van der Waals surface area contributed by atoms with Gasteiger partial charge in [0.05, 0.1) is 6.04 Å². The third-order valence-electron chi connectivity index (χ3n) is 4.07. The molecule has 0 bridgehead atoms. The van der Waals surface area contributed by atoms with E-state index in [-0.39, 0.29) is 23.6 Å². The van der Waals surface area contributed by atoms with Crippen molar-refractivity contribution < 1.29 is 9.21 Å². The van der Waals surface area contributed by atoms with Crippen LogP contribution in [-0.4, -0.2) is 30.4 Å². The van der Waals surface area contributed by atoms with Crippen LogP contribution in [0.25, 0.3) is 0 Å². The van der Waals surface area contributed by atoms with Crippen LogP contribution >= 0.6 is 0 Å². The number of nitrogens with two attached hydrogens (primary N) is 1. The first kappa shape index (κ1) is 14.7. The van der Waals surface area contributed by atoms with Gasteiger partial charge in [-0.3, -0.25) is 9.69 Å². The lowest BCUT2D eigenvalue weighted by Crippen LogP contribution is -2.36. The van der Waals surface area contributed by atoms with E-state index in [1.807, 2.05) is 18.2 Å². The SMILES string of the molecule is Nc1ccc(C(=O)NCC(c2ccccc2)N2CCCC2)o1. The average molecular weight is 299 g/mol. The molecule has 2 heterocycles. The molecule has 3 rings (SSSR count). The highest BCUT2D eigenvalue weighted by Gasteiger charge is 2.24. The molecule has 1 atom stereocenters. The summed E-state index contributed by atoms with van der Waals surface area (Å²) >= 11 is 0. The summed E-state index contributed by atoms with van der Waals surface area (Å²) in [5.74, 6) is 0.284. The summed E-state index contributed by atoms with van der Waals surface area (Å²) in [4.78, 5) is 14.6. The second-order valence-electron chi connectivity index (χ2n) is 5.58. The van der Waals surface area contributed by atoms with Crippen molar-refractivity contribution >= 4 is 11.8 Å². The monoisotopic (exact) mass is 299 g/mol. The van der Waals surface area contributed by atoms with Crippen LogP contribution in [0.2, 0.25) is 0 Å². The van der Waals surface area contributed by atoms with E-state index >= 15 is 0 Å². The lowest BCUT2D eigenvalue weighted by Gasteiger charge is -2.28. The Morgan fingerprint density at radius 3 is 2.55 bits per heavy atom. The summed E-state index contributed by atoms with van der Waals surface area (Å²) in [6.07, 6.45) is 2.43. The molecule has 0 saturated carbocycles. The first-order chi connectivity index (χ1) is 10.7. The van der Waals surface area contributed by atoms with Crippen molar-refractivity contribution in [1.82, 2.24) is 10.2 Å². The minimum absolute atomic E-state index is 0.194. The number of furan rings is 1. The first-order valence-electron chi connectivity index (χ1n) is 7.66. The number of rotatable bonds is 5. The van der Waals surface area contributed by atoms with Crippen molar-refractivity contribution in [1.29, 1.82) is 0 Å². The molecule has 1 fully saturated rings. The van der Waals surface area contributed by atoms with Crippen LogP contribution < -0.4 is 11.1 Å². The Bertz CT molecular complexity index is 618. The van der Waals surface area contributed by atoms with Gasteiger partial charge in [-0.25, -0.2) is 0 Å². The van der Waals surface area contributed by atoms with Gasteiger partial charge in [0.15, 0.2) is 11.6 Å². The molecule has 3 N–H and O–H groups in total. The maximum Gasteiger partial charge on any atom is 0.287 e. The summed E-state index contributed by atoms with van der Waals surface area (Å²) < 4.78 is 5.16. The van der Waals surface area contributed by atoms with Crippen LogP contribution in [0, 0.1) is 0 Å². The molecule has 1 unspecified atom stereocenters. The quantitative estimate of drug-likeness (QED) is 0.889. The molecule has 0 aliphatic carbocycles. The fraction of sp³-hybridized carbons (Fsp3) is 0.353. The molecule has 5 heteroatoms. The van der Waals surface area contributed by atoms with E-state index in [2.05, 4.69) is 22.3 Å². The van der Waals surface area contributed by atoms with E-state index < -0.39 is 0 Å². The molecule has 1 amide bonds. The van der Waals surface area contributed by atoms with E-state index in [1.165, 1.54) is 18.4 Å². The zero-order valence-electron chi connectivity index (χ0n) is 12.5. The lowest BCUT2D eigenvalue weighted by molar-refractivity contribution is 0.0911. The highest BCUT2D eigenvalue weighted by molar-refractivity contribution is 5.91. The Balaban J connectivity index is 1.69. The summed E-state index contributed by atoms with van der Waals surface area (Å²) in [5.41, 5.74) is 6.73. The number of hydrogen-bond donors (Lipinski definition) is 2. The van der Waals surface area contributed by atoms with Crippen LogP contribution in [0.3, 0.4) is 0 Å². The number of amides is 1. The number of likely N-dealkylation sites (tertiary alicyclic amines) is 1. The zero-order valence-corrected chi connectivity index (χ0v) is 12.5. The third kappa shape index (κ3) is 3.31. The summed E-state index contributed by atoms with van der Waals surface area (Å²) in [6.45, 7) is 2.70. The molecule has 1 saturated heterocycles. The Hall–Kier alpha value is -2.27. The van der Waals surface area contributed by atoms with Crippen LogP contribution in [0.1, 0.15) is 35.0 Å². The van der Waals surface area contributed by atoms with Gasteiger partial charge in [0.2, 0.25) is 0 Å². The average Bonchev–Trinajstić information content (AvgIpc) is 3.20. The number of nitrogens with one attached hydrogen (secondary N) is 1.